The minimum atomic E-state index is -0.169. The quantitative estimate of drug-likeness (QED) is 0.790. The molecule has 0 aliphatic heterocycles. The molecule has 2 aromatic rings. The summed E-state index contributed by atoms with van der Waals surface area (Å²) in [5.74, 6) is 0. The summed E-state index contributed by atoms with van der Waals surface area (Å²) in [6.07, 6.45) is 6.03. The molecule has 7 heteroatoms. The van der Waals surface area contributed by atoms with E-state index in [9.17, 15) is 4.79 Å². The second-order valence-corrected chi connectivity index (χ2v) is 3.71. The molecule has 0 unspecified atom stereocenters. The van der Waals surface area contributed by atoms with E-state index >= 15 is 0 Å². The van der Waals surface area contributed by atoms with Gasteiger partial charge in [0.05, 0.1) is 6.20 Å². The summed E-state index contributed by atoms with van der Waals surface area (Å²) < 4.78 is 4.04. The molecule has 2 aromatic heterocycles. The fourth-order valence-electron chi connectivity index (χ4n) is 1.38. The smallest absolute Gasteiger partial charge is 0.251 e. The molecular weight excluding hydrogens is 226 g/mol. The zero-order valence-corrected chi connectivity index (χ0v) is 9.35. The summed E-state index contributed by atoms with van der Waals surface area (Å²) in [5, 5.41) is 7.57. The molecule has 2 rings (SSSR count). The second-order valence-electron chi connectivity index (χ2n) is 3.32. The molecule has 84 valence electrons. The summed E-state index contributed by atoms with van der Waals surface area (Å²) >= 11 is 5.03. The molecular formula is C9H11N5OS. The van der Waals surface area contributed by atoms with Gasteiger partial charge in [-0.1, -0.05) is 5.21 Å². The molecule has 6 nitrogen and oxygen atoms in total. The molecule has 0 aromatic carbocycles. The third kappa shape index (κ3) is 2.63. The van der Waals surface area contributed by atoms with Gasteiger partial charge in [0.25, 0.3) is 5.56 Å². The Labute approximate surface area is 96.5 Å². The van der Waals surface area contributed by atoms with Crippen molar-refractivity contribution in [3.63, 3.8) is 0 Å². The maximum Gasteiger partial charge on any atom is 0.251 e. The number of nitrogens with one attached hydrogen (secondary N) is 1. The molecule has 0 aliphatic carbocycles. The van der Waals surface area contributed by atoms with Gasteiger partial charge in [-0.25, -0.2) is 0 Å². The highest BCUT2D eigenvalue weighted by Crippen LogP contribution is 1.94. The predicted octanol–water partition coefficient (Wildman–Crippen LogP) is 0.588. The largest absolute Gasteiger partial charge is 0.325 e. The topological polar surface area (TPSA) is 68.5 Å². The van der Waals surface area contributed by atoms with Crippen LogP contribution in [0.15, 0.2) is 29.5 Å². The van der Waals surface area contributed by atoms with Crippen LogP contribution in [0.1, 0.15) is 6.42 Å². The summed E-state index contributed by atoms with van der Waals surface area (Å²) in [5.41, 5.74) is -0.169. The Kier molecular flexibility index (Phi) is 3.25. The lowest BCUT2D eigenvalue weighted by Crippen LogP contribution is -2.12. The molecule has 2 heterocycles. The first-order valence-electron chi connectivity index (χ1n) is 4.89. The van der Waals surface area contributed by atoms with Crippen LogP contribution in [0, 0.1) is 4.77 Å². The van der Waals surface area contributed by atoms with Crippen LogP contribution in [0.5, 0.6) is 0 Å². The van der Waals surface area contributed by atoms with Crippen molar-refractivity contribution in [3.8, 4) is 0 Å². The fourth-order valence-corrected chi connectivity index (χ4v) is 1.63. The molecule has 0 bridgehead atoms. The van der Waals surface area contributed by atoms with Gasteiger partial charge < -0.3 is 4.57 Å². The van der Waals surface area contributed by atoms with E-state index in [-0.39, 0.29) is 5.56 Å². The van der Waals surface area contributed by atoms with E-state index in [1.165, 1.54) is 6.07 Å². The van der Waals surface area contributed by atoms with Crippen LogP contribution in [0.2, 0.25) is 0 Å². The number of rotatable bonds is 4. The first-order valence-corrected chi connectivity index (χ1v) is 5.30. The number of aryl methyl sites for hydroxylation is 2. The molecule has 0 saturated heterocycles. The van der Waals surface area contributed by atoms with Crippen LogP contribution in [-0.4, -0.2) is 24.5 Å². The van der Waals surface area contributed by atoms with Crippen molar-refractivity contribution in [1.82, 2.24) is 24.5 Å². The van der Waals surface area contributed by atoms with Gasteiger partial charge in [0.1, 0.15) is 0 Å². The highest BCUT2D eigenvalue weighted by Gasteiger charge is 1.95. The van der Waals surface area contributed by atoms with Crippen LogP contribution in [0.4, 0.5) is 0 Å². The second kappa shape index (κ2) is 4.84. The van der Waals surface area contributed by atoms with Crippen molar-refractivity contribution in [2.75, 3.05) is 0 Å². The summed E-state index contributed by atoms with van der Waals surface area (Å²) in [6, 6.07) is 1.46. The highest BCUT2D eigenvalue weighted by atomic mass is 32.1. The van der Waals surface area contributed by atoms with Crippen LogP contribution in [-0.2, 0) is 13.1 Å². The third-order valence-electron chi connectivity index (χ3n) is 2.16. The Morgan fingerprint density at radius 1 is 1.38 bits per heavy atom. The van der Waals surface area contributed by atoms with Crippen molar-refractivity contribution >= 4 is 12.2 Å². The van der Waals surface area contributed by atoms with Gasteiger partial charge in [-0.3, -0.25) is 14.5 Å². The minimum Gasteiger partial charge on any atom is -0.325 e. The third-order valence-corrected chi connectivity index (χ3v) is 2.49. The van der Waals surface area contributed by atoms with E-state index < -0.39 is 0 Å². The van der Waals surface area contributed by atoms with E-state index in [0.29, 0.717) is 4.77 Å². The molecule has 0 atom stereocenters. The predicted molar refractivity (Wildman–Crippen MR) is 60.5 cm³/mol. The SMILES string of the molecule is O=c1ccn(CCCn2ccnn2)c(=S)[nH]1. The van der Waals surface area contributed by atoms with E-state index in [0.717, 1.165) is 19.5 Å². The Balaban J connectivity index is 1.95. The van der Waals surface area contributed by atoms with Crippen LogP contribution in [0.3, 0.4) is 0 Å². The molecule has 0 saturated carbocycles. The monoisotopic (exact) mass is 237 g/mol. The Morgan fingerprint density at radius 2 is 2.25 bits per heavy atom. The zero-order chi connectivity index (χ0) is 11.4. The molecule has 0 spiro atoms. The van der Waals surface area contributed by atoms with Crippen molar-refractivity contribution in [1.29, 1.82) is 0 Å². The number of aromatic nitrogens is 5. The zero-order valence-electron chi connectivity index (χ0n) is 8.54. The van der Waals surface area contributed by atoms with Crippen LogP contribution in [0.25, 0.3) is 0 Å². The number of hydrogen-bond acceptors (Lipinski definition) is 4. The van der Waals surface area contributed by atoms with Gasteiger partial charge in [-0.2, -0.15) is 0 Å². The van der Waals surface area contributed by atoms with Crippen molar-refractivity contribution in [2.24, 2.45) is 0 Å². The van der Waals surface area contributed by atoms with Gasteiger partial charge in [0, 0.05) is 31.5 Å². The molecule has 0 aliphatic rings. The first-order chi connectivity index (χ1) is 7.75. The lowest BCUT2D eigenvalue weighted by molar-refractivity contribution is 0.508. The number of nitrogens with zero attached hydrogens (tertiary/aromatic N) is 4. The average molecular weight is 237 g/mol. The standard InChI is InChI=1S/C9H11N5OS/c15-8-2-6-13(9(16)11-8)4-1-5-14-7-3-10-12-14/h2-3,6-7H,1,4-5H2,(H,11,15,16). The summed E-state index contributed by atoms with van der Waals surface area (Å²) in [7, 11) is 0. The van der Waals surface area contributed by atoms with Gasteiger partial charge in [0.2, 0.25) is 0 Å². The molecule has 0 amide bonds. The normalized spacial score (nSPS) is 10.5. The average Bonchev–Trinajstić information content (AvgIpc) is 2.74. The fraction of sp³-hybridized carbons (Fsp3) is 0.333. The van der Waals surface area contributed by atoms with E-state index in [2.05, 4.69) is 15.3 Å². The number of aromatic amines is 1. The van der Waals surface area contributed by atoms with Crippen molar-refractivity contribution < 1.29 is 0 Å². The summed E-state index contributed by atoms with van der Waals surface area (Å²) in [6.45, 7) is 1.52. The lowest BCUT2D eigenvalue weighted by atomic mass is 10.4. The Bertz CT molecular complexity index is 556. The van der Waals surface area contributed by atoms with Crippen LogP contribution < -0.4 is 5.56 Å². The molecule has 0 radical (unpaired) electrons. The lowest BCUT2D eigenvalue weighted by Gasteiger charge is -2.05. The minimum absolute atomic E-state index is 0.169. The Hall–Kier alpha value is -1.76. The molecule has 16 heavy (non-hydrogen) atoms. The first kappa shape index (κ1) is 10.7. The van der Waals surface area contributed by atoms with Gasteiger partial charge >= 0.3 is 0 Å². The highest BCUT2D eigenvalue weighted by molar-refractivity contribution is 7.71. The maximum atomic E-state index is 10.9. The van der Waals surface area contributed by atoms with Crippen molar-refractivity contribution in [2.45, 2.75) is 19.5 Å². The molecule has 1 N–H and O–H groups in total. The molecule has 0 fully saturated rings. The van der Waals surface area contributed by atoms with E-state index in [1.54, 1.807) is 17.1 Å². The van der Waals surface area contributed by atoms with Gasteiger partial charge in [0.15, 0.2) is 4.77 Å². The maximum absolute atomic E-state index is 10.9. The van der Waals surface area contributed by atoms with E-state index in [4.69, 9.17) is 12.2 Å². The number of H-pyrrole nitrogens is 1. The number of hydrogen-bond donors (Lipinski definition) is 1. The van der Waals surface area contributed by atoms with Gasteiger partial charge in [-0.15, -0.1) is 5.10 Å². The van der Waals surface area contributed by atoms with Crippen molar-refractivity contribution in [3.05, 3.63) is 39.8 Å². The summed E-state index contributed by atoms with van der Waals surface area (Å²) in [4.78, 5) is 13.5. The van der Waals surface area contributed by atoms with Crippen LogP contribution >= 0.6 is 12.2 Å². The van der Waals surface area contributed by atoms with E-state index in [1.807, 2.05) is 10.8 Å². The van der Waals surface area contributed by atoms with Gasteiger partial charge in [-0.05, 0) is 18.6 Å². The Morgan fingerprint density at radius 3 is 2.94 bits per heavy atom.